The monoisotopic (exact) mass is 575 g/mol. The van der Waals surface area contributed by atoms with Crippen LogP contribution in [0.3, 0.4) is 0 Å². The molecule has 1 amide bonds. The Morgan fingerprint density at radius 2 is 1.69 bits per heavy atom. The fourth-order valence-corrected chi connectivity index (χ4v) is 7.84. The molecule has 0 aromatic heterocycles. The average Bonchev–Trinajstić information content (AvgIpc) is 3.32. The van der Waals surface area contributed by atoms with Gasteiger partial charge in [0.2, 0.25) is 15.9 Å². The molecule has 3 atom stereocenters. The summed E-state index contributed by atoms with van der Waals surface area (Å²) in [5.41, 5.74) is 0.855. The number of thioether (sulfide) groups is 1. The van der Waals surface area contributed by atoms with Crippen molar-refractivity contribution in [2.45, 2.75) is 70.0 Å². The first kappa shape index (κ1) is 31.6. The molecule has 0 bridgehead atoms. The Kier molecular flexibility index (Phi) is 11.5. The number of rotatable bonds is 13. The van der Waals surface area contributed by atoms with Crippen LogP contribution in [0.5, 0.6) is 0 Å². The highest BCUT2D eigenvalue weighted by molar-refractivity contribution is 7.99. The van der Waals surface area contributed by atoms with Crippen LogP contribution in [0, 0.1) is 11.8 Å². The van der Waals surface area contributed by atoms with Crippen molar-refractivity contribution >= 4 is 27.7 Å². The van der Waals surface area contributed by atoms with Crippen molar-refractivity contribution in [3.05, 3.63) is 66.2 Å². The largest absolute Gasteiger partial charge is 0.392 e. The second-order valence-electron chi connectivity index (χ2n) is 12.0. The van der Waals surface area contributed by atoms with Crippen molar-refractivity contribution in [1.82, 2.24) is 14.5 Å². The third-order valence-electron chi connectivity index (χ3n) is 6.60. The van der Waals surface area contributed by atoms with Crippen molar-refractivity contribution in [2.24, 2.45) is 11.8 Å². The number of carbonyl (C=O) groups is 1. The molecule has 1 fully saturated rings. The molecule has 0 spiro atoms. The molecule has 0 radical (unpaired) electrons. The maximum absolute atomic E-state index is 13.5. The molecule has 39 heavy (non-hydrogen) atoms. The summed E-state index contributed by atoms with van der Waals surface area (Å²) in [7, 11) is -3.74. The van der Waals surface area contributed by atoms with Crippen molar-refractivity contribution in [2.75, 3.05) is 31.3 Å². The van der Waals surface area contributed by atoms with Crippen LogP contribution in [0.2, 0.25) is 0 Å². The van der Waals surface area contributed by atoms with Gasteiger partial charge in [0.15, 0.2) is 0 Å². The second kappa shape index (κ2) is 14.1. The number of aliphatic hydroxyl groups is 1. The number of nitrogens with one attached hydrogen (secondary N) is 1. The summed E-state index contributed by atoms with van der Waals surface area (Å²) in [6.07, 6.45) is 0.332. The molecule has 2 aromatic rings. The Balaban J connectivity index is 1.77. The highest BCUT2D eigenvalue weighted by Gasteiger charge is 2.35. The predicted octanol–water partition coefficient (Wildman–Crippen LogP) is 4.23. The number of benzene rings is 2. The SMILES string of the molecule is CC(C)CN(C[C@H](O)C[C@H](Cc1ccccc1)CN1CSCC1C(=O)NC(C)(C)C)S(=O)(=O)c1ccccc1. The molecule has 1 aliphatic heterocycles. The van der Waals surface area contributed by atoms with E-state index in [0.717, 1.165) is 23.6 Å². The van der Waals surface area contributed by atoms with Crippen LogP contribution in [0.1, 0.15) is 46.6 Å². The molecule has 1 aliphatic rings. The number of amides is 1. The maximum atomic E-state index is 13.5. The highest BCUT2D eigenvalue weighted by atomic mass is 32.2. The summed E-state index contributed by atoms with van der Waals surface area (Å²) in [6.45, 7) is 10.9. The zero-order valence-electron chi connectivity index (χ0n) is 23.9. The Bertz CT molecular complexity index is 1140. The van der Waals surface area contributed by atoms with Crippen LogP contribution < -0.4 is 5.32 Å². The lowest BCUT2D eigenvalue weighted by Crippen LogP contribution is -2.52. The number of hydrogen-bond donors (Lipinski definition) is 2. The standard InChI is InChI=1S/C30H45N3O4S2/c1-23(2)18-33(39(36,37)27-14-10-7-11-15-27)20-26(34)17-25(16-24-12-8-6-9-13-24)19-32-22-38-21-28(32)29(35)31-30(3,4)5/h6-15,23,25-26,28,34H,16-22H2,1-5H3,(H,31,35)/t25-,26+,28?/m0/s1. The average molecular weight is 576 g/mol. The molecule has 0 saturated carbocycles. The lowest BCUT2D eigenvalue weighted by molar-refractivity contribution is -0.126. The molecule has 7 nitrogen and oxygen atoms in total. The Morgan fingerprint density at radius 1 is 1.08 bits per heavy atom. The number of carbonyl (C=O) groups excluding carboxylic acids is 1. The predicted molar refractivity (Wildman–Crippen MR) is 160 cm³/mol. The van der Waals surface area contributed by atoms with Crippen molar-refractivity contribution in [3.63, 3.8) is 0 Å². The van der Waals surface area contributed by atoms with Crippen LogP contribution in [-0.2, 0) is 21.2 Å². The molecule has 2 aromatic carbocycles. The normalized spacial score (nSPS) is 18.4. The maximum Gasteiger partial charge on any atom is 0.243 e. The Hall–Kier alpha value is -1.91. The Morgan fingerprint density at radius 3 is 2.28 bits per heavy atom. The minimum absolute atomic E-state index is 0.0311. The molecule has 9 heteroatoms. The van der Waals surface area contributed by atoms with Gasteiger partial charge in [0.05, 0.1) is 17.0 Å². The van der Waals surface area contributed by atoms with Gasteiger partial charge in [-0.2, -0.15) is 4.31 Å². The molecule has 0 aliphatic carbocycles. The van der Waals surface area contributed by atoms with Crippen molar-refractivity contribution in [3.8, 4) is 0 Å². The Labute approximate surface area is 239 Å². The summed E-state index contributed by atoms with van der Waals surface area (Å²) in [6, 6.07) is 18.3. The number of nitrogens with zero attached hydrogens (tertiary/aromatic N) is 2. The van der Waals surface area contributed by atoms with Gasteiger partial charge in [0.1, 0.15) is 0 Å². The van der Waals surface area contributed by atoms with E-state index in [1.165, 1.54) is 4.31 Å². The summed E-state index contributed by atoms with van der Waals surface area (Å²) in [4.78, 5) is 15.5. The van der Waals surface area contributed by atoms with Gasteiger partial charge in [-0.3, -0.25) is 9.69 Å². The third kappa shape index (κ3) is 9.90. The van der Waals surface area contributed by atoms with Crippen molar-refractivity contribution in [1.29, 1.82) is 0 Å². The summed E-state index contributed by atoms with van der Waals surface area (Å²) in [5, 5.41) is 14.4. The van der Waals surface area contributed by atoms with Gasteiger partial charge in [-0.25, -0.2) is 8.42 Å². The molecular formula is C30H45N3O4S2. The van der Waals surface area contributed by atoms with Crippen LogP contribution >= 0.6 is 11.8 Å². The van der Waals surface area contributed by atoms with E-state index in [0.29, 0.717) is 19.5 Å². The zero-order valence-corrected chi connectivity index (χ0v) is 25.5. The highest BCUT2D eigenvalue weighted by Crippen LogP contribution is 2.26. The number of aliphatic hydroxyl groups excluding tert-OH is 1. The van der Waals surface area contributed by atoms with Crippen LogP contribution in [0.25, 0.3) is 0 Å². The van der Waals surface area contributed by atoms with Crippen LogP contribution in [0.4, 0.5) is 0 Å². The van der Waals surface area contributed by atoms with Gasteiger partial charge < -0.3 is 10.4 Å². The minimum atomic E-state index is -3.74. The van der Waals surface area contributed by atoms with E-state index in [4.69, 9.17) is 0 Å². The fraction of sp³-hybridized carbons (Fsp3) is 0.567. The first-order chi connectivity index (χ1) is 18.3. The quantitative estimate of drug-likeness (QED) is 0.372. The van der Waals surface area contributed by atoms with Gasteiger partial charge in [-0.15, -0.1) is 11.8 Å². The first-order valence-electron chi connectivity index (χ1n) is 13.8. The molecule has 1 unspecified atom stereocenters. The molecule has 216 valence electrons. The lowest BCUT2D eigenvalue weighted by atomic mass is 9.92. The summed E-state index contributed by atoms with van der Waals surface area (Å²) < 4.78 is 28.3. The van der Waals surface area contributed by atoms with Gasteiger partial charge in [0.25, 0.3) is 0 Å². The first-order valence-corrected chi connectivity index (χ1v) is 16.4. The zero-order chi connectivity index (χ0) is 28.6. The van der Waals surface area contributed by atoms with E-state index in [9.17, 15) is 18.3 Å². The smallest absolute Gasteiger partial charge is 0.243 e. The van der Waals surface area contributed by atoms with E-state index in [2.05, 4.69) is 22.3 Å². The molecule has 2 N–H and O–H groups in total. The van der Waals surface area contributed by atoms with E-state index < -0.39 is 16.1 Å². The van der Waals surface area contributed by atoms with E-state index in [1.807, 2.05) is 52.8 Å². The van der Waals surface area contributed by atoms with Gasteiger partial charge in [-0.05, 0) is 63.1 Å². The summed E-state index contributed by atoms with van der Waals surface area (Å²) in [5.74, 6) is 1.68. The number of sulfonamides is 1. The van der Waals surface area contributed by atoms with Gasteiger partial charge >= 0.3 is 0 Å². The summed E-state index contributed by atoms with van der Waals surface area (Å²) >= 11 is 1.75. The fourth-order valence-electron chi connectivity index (χ4n) is 4.97. The topological polar surface area (TPSA) is 89.9 Å². The molecule has 3 rings (SSSR count). The van der Waals surface area contributed by atoms with Crippen LogP contribution in [0.15, 0.2) is 65.6 Å². The second-order valence-corrected chi connectivity index (χ2v) is 14.9. The number of hydrogen-bond acceptors (Lipinski definition) is 6. The lowest BCUT2D eigenvalue weighted by Gasteiger charge is -2.32. The minimum Gasteiger partial charge on any atom is -0.392 e. The van der Waals surface area contributed by atoms with E-state index in [-0.39, 0.29) is 40.8 Å². The van der Waals surface area contributed by atoms with E-state index >= 15 is 0 Å². The third-order valence-corrected chi connectivity index (χ3v) is 9.52. The van der Waals surface area contributed by atoms with Crippen molar-refractivity contribution < 1.29 is 18.3 Å². The molecular weight excluding hydrogens is 530 g/mol. The van der Waals surface area contributed by atoms with Crippen LogP contribution in [-0.4, -0.2) is 77.6 Å². The van der Waals surface area contributed by atoms with Gasteiger partial charge in [-0.1, -0.05) is 62.4 Å². The van der Waals surface area contributed by atoms with E-state index in [1.54, 1.807) is 42.1 Å². The van der Waals surface area contributed by atoms with Gasteiger partial charge in [0, 0.05) is 36.8 Å². The molecule has 1 saturated heterocycles. The molecule has 1 heterocycles.